The summed E-state index contributed by atoms with van der Waals surface area (Å²) in [6, 6.07) is 10.4. The number of aromatic nitrogens is 5. The number of rotatable bonds is 12. The van der Waals surface area contributed by atoms with Gasteiger partial charge in [0.25, 0.3) is 0 Å². The van der Waals surface area contributed by atoms with E-state index >= 15 is 8.78 Å². The van der Waals surface area contributed by atoms with Gasteiger partial charge in [-0.15, -0.1) is 0 Å². The normalized spacial score (nSPS) is 23.1. The number of benzene rings is 3. The second kappa shape index (κ2) is 21.0. The summed E-state index contributed by atoms with van der Waals surface area (Å²) in [7, 11) is 1.65. The van der Waals surface area contributed by atoms with Crippen molar-refractivity contribution in [2.24, 2.45) is 7.05 Å². The van der Waals surface area contributed by atoms with Gasteiger partial charge in [0.2, 0.25) is 11.8 Å². The molecule has 5 aliphatic rings. The van der Waals surface area contributed by atoms with Crippen LogP contribution in [0.3, 0.4) is 0 Å². The van der Waals surface area contributed by atoms with E-state index in [4.69, 9.17) is 19.2 Å². The van der Waals surface area contributed by atoms with Gasteiger partial charge in [-0.25, -0.2) is 18.4 Å². The van der Waals surface area contributed by atoms with Crippen LogP contribution < -0.4 is 20.6 Å². The molecule has 8 heterocycles. The number of aromatic hydroxyl groups is 1. The van der Waals surface area contributed by atoms with Crippen molar-refractivity contribution >= 4 is 56.4 Å². The van der Waals surface area contributed by atoms with Crippen molar-refractivity contribution in [3.8, 4) is 34.9 Å². The Morgan fingerprint density at radius 1 is 0.961 bits per heavy atom. The minimum Gasteiger partial charge on any atom is -0.508 e. The highest BCUT2D eigenvalue weighted by molar-refractivity contribution is 6.02. The maximum Gasteiger partial charge on any atom is 0.409 e. The highest BCUT2D eigenvalue weighted by Crippen LogP contribution is 2.44. The molecule has 0 aliphatic carbocycles. The first-order chi connectivity index (χ1) is 37.1. The van der Waals surface area contributed by atoms with Crippen LogP contribution in [0, 0.1) is 23.5 Å². The number of hydrogen-bond acceptors (Lipinski definition) is 14. The molecule has 5 saturated heterocycles. The Kier molecular flexibility index (Phi) is 14.1. The highest BCUT2D eigenvalue weighted by Gasteiger charge is 2.50. The van der Waals surface area contributed by atoms with Crippen molar-refractivity contribution in [2.75, 3.05) is 57.4 Å². The fourth-order valence-electron chi connectivity index (χ4n) is 12.5. The molecule has 5 aliphatic heterocycles. The van der Waals surface area contributed by atoms with E-state index in [0.717, 1.165) is 37.8 Å². The maximum atomic E-state index is 17.2. The van der Waals surface area contributed by atoms with Crippen LogP contribution in [0.25, 0.3) is 44.0 Å². The van der Waals surface area contributed by atoms with E-state index in [9.17, 15) is 29.4 Å². The number of β-amino-alcohol motifs (C(OH)–C–C–N with tert-alkyl or cyclic N) is 1. The lowest BCUT2D eigenvalue weighted by atomic mass is 9.94. The van der Waals surface area contributed by atoms with Gasteiger partial charge in [-0.2, -0.15) is 9.97 Å². The van der Waals surface area contributed by atoms with Crippen LogP contribution >= 0.6 is 0 Å². The molecule has 6 aromatic rings. The van der Waals surface area contributed by atoms with Crippen LogP contribution in [0.15, 0.2) is 53.5 Å². The lowest BCUT2D eigenvalue weighted by molar-refractivity contribution is -0.135. The summed E-state index contributed by atoms with van der Waals surface area (Å²) < 4.78 is 54.0. The molecule has 1 unspecified atom stereocenters. The number of phenolic OH excluding ortho intramolecular Hbond substituents is 1. The van der Waals surface area contributed by atoms with Crippen LogP contribution in [-0.2, 0) is 32.5 Å². The zero-order chi connectivity index (χ0) is 53.8. The topological polar surface area (TPSA) is 207 Å². The van der Waals surface area contributed by atoms with E-state index in [0.29, 0.717) is 103 Å². The molecule has 3 aromatic heterocycles. The third-order valence-corrected chi connectivity index (χ3v) is 16.4. The molecule has 18 nitrogen and oxygen atoms in total. The number of imidazole rings is 1. The van der Waals surface area contributed by atoms with Crippen LogP contribution in [0.5, 0.6) is 11.8 Å². The Morgan fingerprint density at radius 2 is 1.78 bits per heavy atom. The zero-order valence-corrected chi connectivity index (χ0v) is 43.6. The number of pyridine rings is 1. The average molecular weight is 1060 g/mol. The molecule has 0 bridgehead atoms. The number of nitrogens with zero attached hydrogens (tertiary/aromatic N) is 8. The fourth-order valence-corrected chi connectivity index (χ4v) is 12.5. The summed E-state index contributed by atoms with van der Waals surface area (Å²) in [5.74, 6) is 4.54. The Hall–Kier alpha value is -7.21. The summed E-state index contributed by atoms with van der Waals surface area (Å²) in [4.78, 5) is 70.9. The number of anilines is 1. The Bertz CT molecular complexity index is 3450. The number of carbonyl (C=O) groups excluding carboxylic acids is 3. The lowest BCUT2D eigenvalue weighted by Crippen LogP contribution is -2.48. The molecule has 3 amide bonds. The van der Waals surface area contributed by atoms with Crippen molar-refractivity contribution in [1.29, 1.82) is 0 Å². The Morgan fingerprint density at radius 3 is 2.57 bits per heavy atom. The number of phenols is 1. The van der Waals surface area contributed by atoms with E-state index in [1.54, 1.807) is 31.0 Å². The van der Waals surface area contributed by atoms with Crippen molar-refractivity contribution in [3.05, 3.63) is 81.9 Å². The molecule has 77 heavy (non-hydrogen) atoms. The van der Waals surface area contributed by atoms with Crippen LogP contribution in [-0.4, -0.2) is 138 Å². The molecule has 0 radical (unpaired) electrons. The second-order valence-corrected chi connectivity index (χ2v) is 21.6. The monoisotopic (exact) mass is 1060 g/mol. The Balaban J connectivity index is 0.705. The van der Waals surface area contributed by atoms with Crippen LogP contribution in [0.1, 0.15) is 102 Å². The number of hydrogen-bond donors (Lipinski definition) is 3. The summed E-state index contributed by atoms with van der Waals surface area (Å²) in [5, 5.41) is 25.5. The number of aryl methyl sites for hydroxylation is 2. The van der Waals surface area contributed by atoms with Crippen molar-refractivity contribution in [1.82, 2.24) is 39.2 Å². The van der Waals surface area contributed by atoms with Crippen molar-refractivity contribution in [2.45, 2.75) is 120 Å². The number of nitrogens with one attached hydrogen (secondary N) is 1. The quantitative estimate of drug-likeness (QED) is 0.0655. The van der Waals surface area contributed by atoms with Gasteiger partial charge < -0.3 is 34.2 Å². The third kappa shape index (κ3) is 10.0. The highest BCUT2D eigenvalue weighted by atomic mass is 19.1. The molecule has 3 N–H and O–H groups in total. The summed E-state index contributed by atoms with van der Waals surface area (Å²) in [6.07, 6.45) is 8.31. The van der Waals surface area contributed by atoms with Crippen molar-refractivity contribution in [3.63, 3.8) is 0 Å². The zero-order valence-electron chi connectivity index (χ0n) is 43.6. The lowest BCUT2D eigenvalue weighted by Gasteiger charge is -2.38. The van der Waals surface area contributed by atoms with Gasteiger partial charge in [0.05, 0.1) is 40.3 Å². The predicted molar refractivity (Wildman–Crippen MR) is 282 cm³/mol. The Labute approximate surface area is 443 Å². The van der Waals surface area contributed by atoms with Crippen LogP contribution in [0.2, 0.25) is 0 Å². The van der Waals surface area contributed by atoms with Gasteiger partial charge in [-0.05, 0) is 130 Å². The minimum absolute atomic E-state index is 0.0231. The smallest absolute Gasteiger partial charge is 0.409 e. The van der Waals surface area contributed by atoms with Crippen molar-refractivity contribution < 1.29 is 47.6 Å². The molecule has 3 aromatic carbocycles. The van der Waals surface area contributed by atoms with E-state index in [1.807, 2.05) is 24.0 Å². The van der Waals surface area contributed by atoms with Gasteiger partial charge in [0.15, 0.2) is 5.82 Å². The molecule has 11 rings (SSSR count). The number of piperidine rings is 3. The van der Waals surface area contributed by atoms with Gasteiger partial charge in [-0.3, -0.25) is 33.9 Å². The largest absolute Gasteiger partial charge is 0.508 e. The number of amides is 3. The first kappa shape index (κ1) is 51.9. The molecule has 4 atom stereocenters. The first-order valence-corrected chi connectivity index (χ1v) is 26.8. The number of halogens is 2. The number of likely N-dealkylation sites (tertiary alicyclic amines) is 1. The molecular weight excluding hydrogens is 993 g/mol. The third-order valence-electron chi connectivity index (χ3n) is 16.4. The van der Waals surface area contributed by atoms with Gasteiger partial charge in [-0.1, -0.05) is 24.8 Å². The maximum absolute atomic E-state index is 17.2. The predicted octanol–water partition coefficient (Wildman–Crippen LogP) is 6.81. The summed E-state index contributed by atoms with van der Waals surface area (Å²) in [6.45, 7) is 7.06. The number of aliphatic hydroxyl groups is 1. The number of carbonyl (C=O) groups is 3. The first-order valence-electron chi connectivity index (χ1n) is 26.8. The number of imide groups is 1. The number of fused-ring (bicyclic) bond motifs is 4. The fraction of sp³-hybridized carbons (Fsp3) is 0.491. The van der Waals surface area contributed by atoms with Gasteiger partial charge in [0, 0.05) is 69.4 Å². The van der Waals surface area contributed by atoms with Crippen LogP contribution in [0.4, 0.5) is 19.4 Å². The summed E-state index contributed by atoms with van der Waals surface area (Å²) >= 11 is 0. The van der Waals surface area contributed by atoms with E-state index in [1.165, 1.54) is 33.5 Å². The molecular formula is C57H63F2N9O9. The summed E-state index contributed by atoms with van der Waals surface area (Å²) in [5.41, 5.74) is 0.697. The molecule has 0 spiro atoms. The molecule has 5 fully saturated rings. The standard InChI is InChI=1S/C57H63F2N9O9/c1-4-39-42(58)12-11-35-28-37(69)29-40(47(35)39)49-48(59)50-41(30-60-49)51(66-22-7-19-56(2,74)32-66)63-53(62-50)77-33-57-20-8-23-67(57)36(16-21-57)31-76-55(73)65-24-17-38(18-25-65)75-26-6-5-9-34-10-13-43-45(27-34)64(3)54(72)68(43)44-14-15-46(70)61-52(44)71/h10-13,27-30,36,38,44,69,74H,4,6-8,14-26,31-33H2,1-3H3,(H,61,70,71)/t36-,44?,56+,57-/m0/s1. The van der Waals surface area contributed by atoms with E-state index in [2.05, 4.69) is 32.0 Å². The molecule has 404 valence electrons. The SMILES string of the molecule is CCc1c(F)ccc2cc(O)cc(-c3ncc4c(N5CCC[C@@](C)(O)C5)nc(OC[C@@]56CCCN5[C@H](COC(=O)N5CCC(OCCC#Cc7ccc8c(c7)n(C)c(=O)n8C7CCC(=O)NC7=O)CC5)CC6)nc4c3F)c12. The van der Waals surface area contributed by atoms with Gasteiger partial charge in [0.1, 0.15) is 47.9 Å². The minimum atomic E-state index is -1.01. The second-order valence-electron chi connectivity index (χ2n) is 21.6. The van der Waals surface area contributed by atoms with Gasteiger partial charge >= 0.3 is 17.8 Å². The molecule has 20 heteroatoms. The molecule has 0 saturated carbocycles. The number of ether oxygens (including phenoxy) is 3. The van der Waals surface area contributed by atoms with E-state index in [-0.39, 0.29) is 96.5 Å². The average Bonchev–Trinajstić information content (AvgIpc) is 4.14. The van der Waals surface area contributed by atoms with E-state index < -0.39 is 29.2 Å².